The summed E-state index contributed by atoms with van der Waals surface area (Å²) in [7, 11) is 0. The van der Waals surface area contributed by atoms with Gasteiger partial charge in [0.1, 0.15) is 0 Å². The fraction of sp³-hybridized carbons (Fsp3) is 0. The van der Waals surface area contributed by atoms with E-state index in [4.69, 9.17) is 11.8 Å². The highest BCUT2D eigenvalue weighted by molar-refractivity contribution is 4.07. The SMILES string of the molecule is N.[C-]#[N+]O. The van der Waals surface area contributed by atoms with Gasteiger partial charge in [-0.1, -0.05) is 0 Å². The van der Waals surface area contributed by atoms with Crippen molar-refractivity contribution in [3.05, 3.63) is 11.6 Å². The molecule has 0 saturated heterocycles. The van der Waals surface area contributed by atoms with Crippen molar-refractivity contribution in [1.29, 1.82) is 0 Å². The van der Waals surface area contributed by atoms with E-state index in [1.54, 1.807) is 5.01 Å². The van der Waals surface area contributed by atoms with Gasteiger partial charge in [-0.3, -0.25) is 0 Å². The van der Waals surface area contributed by atoms with Crippen molar-refractivity contribution >= 4 is 0 Å². The van der Waals surface area contributed by atoms with Crippen LogP contribution < -0.4 is 6.15 Å². The molecule has 0 aromatic rings. The number of rotatable bonds is 0. The molecule has 24 valence electrons. The summed E-state index contributed by atoms with van der Waals surface area (Å²) < 4.78 is 0. The van der Waals surface area contributed by atoms with Crippen molar-refractivity contribution in [3.8, 4) is 0 Å². The van der Waals surface area contributed by atoms with Crippen LogP contribution in [0.1, 0.15) is 0 Å². The van der Waals surface area contributed by atoms with Crippen molar-refractivity contribution in [3.63, 3.8) is 0 Å². The van der Waals surface area contributed by atoms with Crippen LogP contribution in [0.5, 0.6) is 0 Å². The molecule has 0 unspecified atom stereocenters. The van der Waals surface area contributed by atoms with E-state index in [9.17, 15) is 0 Å². The Labute approximate surface area is 24.2 Å². The molecule has 0 amide bonds. The average Bonchev–Trinajstić information content (AvgIpc) is 0.918. The number of nitrogens with zero attached hydrogens (tertiary/aromatic N) is 1. The number of hydrogen-bond donors (Lipinski definition) is 2. The lowest BCUT2D eigenvalue weighted by Gasteiger charge is -1.28. The van der Waals surface area contributed by atoms with E-state index in [0.29, 0.717) is 0 Å². The monoisotopic (exact) mass is 60.0 g/mol. The molecule has 0 aliphatic rings. The van der Waals surface area contributed by atoms with Gasteiger partial charge in [-0.05, 0) is 5.01 Å². The molecule has 0 atom stereocenters. The third-order valence-electron chi connectivity index (χ3n) is 0. The Hall–Kier alpha value is -0.750. The third kappa shape index (κ3) is 0.139. The van der Waals surface area contributed by atoms with E-state index < -0.39 is 0 Å². The normalized spacial score (nSPS) is 1.75. The second-order valence-electron chi connectivity index (χ2n) is 0.100. The van der Waals surface area contributed by atoms with Gasteiger partial charge in [-0.15, -0.1) is 0 Å². The van der Waals surface area contributed by atoms with Crippen LogP contribution in [0, 0.1) is 6.57 Å². The van der Waals surface area contributed by atoms with Gasteiger partial charge in [0.2, 0.25) is 0 Å². The molecule has 0 heterocycles. The Kier molecular flexibility index (Phi) is 148. The Bertz CT molecular complexity index is 27.5. The van der Waals surface area contributed by atoms with Crippen LogP contribution in [0.3, 0.4) is 0 Å². The van der Waals surface area contributed by atoms with Crippen LogP contribution in [-0.2, 0) is 0 Å². The van der Waals surface area contributed by atoms with Crippen molar-refractivity contribution in [2.75, 3.05) is 0 Å². The summed E-state index contributed by atoms with van der Waals surface area (Å²) in [4.78, 5) is 0. The topological polar surface area (TPSA) is 59.6 Å². The van der Waals surface area contributed by atoms with Crippen LogP contribution >= 0.6 is 0 Å². The smallest absolute Gasteiger partial charge is 0.0387 e. The fourth-order valence-corrected chi connectivity index (χ4v) is 0. The van der Waals surface area contributed by atoms with Gasteiger partial charge in [0, 0.05) is 0 Å². The van der Waals surface area contributed by atoms with E-state index in [0.717, 1.165) is 0 Å². The maximum Gasteiger partial charge on any atom is -0.0387 e. The van der Waals surface area contributed by atoms with E-state index >= 15 is 0 Å². The summed E-state index contributed by atoms with van der Waals surface area (Å²) in [5.41, 5.74) is 0. The van der Waals surface area contributed by atoms with Gasteiger partial charge in [0.25, 0.3) is 0 Å². The molecule has 4 N–H and O–H groups in total. The molecule has 0 saturated carbocycles. The lowest BCUT2D eigenvalue weighted by molar-refractivity contribution is 0.464. The van der Waals surface area contributed by atoms with Gasteiger partial charge in [-0.2, -0.15) is 6.57 Å². The van der Waals surface area contributed by atoms with Gasteiger partial charge in [0.15, 0.2) is 0 Å². The van der Waals surface area contributed by atoms with Crippen LogP contribution in [0.4, 0.5) is 0 Å². The Morgan fingerprint density at radius 1 is 1.75 bits per heavy atom. The molecule has 3 heteroatoms. The first-order valence-corrected chi connectivity index (χ1v) is 0.424. The van der Waals surface area contributed by atoms with Crippen LogP contribution in [0.15, 0.2) is 0 Å². The largest absolute Gasteiger partial charge is 0.344 e. The minimum Gasteiger partial charge on any atom is -0.344 e. The molecule has 0 spiro atoms. The Balaban J connectivity index is 0. The van der Waals surface area contributed by atoms with Crippen molar-refractivity contribution in [2.45, 2.75) is 0 Å². The lowest BCUT2D eigenvalue weighted by atomic mass is 11.8. The van der Waals surface area contributed by atoms with Crippen LogP contribution in [0.25, 0.3) is 5.01 Å². The van der Waals surface area contributed by atoms with Gasteiger partial charge >= 0.3 is 0 Å². The summed E-state index contributed by atoms with van der Waals surface area (Å²) in [6, 6.07) is 0. The molecule has 4 heavy (non-hydrogen) atoms. The maximum atomic E-state index is 6.86. The standard InChI is InChI=1S/CHNO.H3N/c1-2-3;/h3H;1H3. The van der Waals surface area contributed by atoms with Crippen molar-refractivity contribution in [1.82, 2.24) is 6.15 Å². The summed E-state index contributed by atoms with van der Waals surface area (Å²) in [5.74, 6) is 0. The zero-order valence-corrected chi connectivity index (χ0v) is 2.10. The summed E-state index contributed by atoms with van der Waals surface area (Å²) >= 11 is 0. The van der Waals surface area contributed by atoms with E-state index in [-0.39, 0.29) is 6.15 Å². The van der Waals surface area contributed by atoms with Crippen molar-refractivity contribution < 1.29 is 5.21 Å². The summed E-state index contributed by atoms with van der Waals surface area (Å²) in [6.07, 6.45) is 0. The third-order valence-corrected chi connectivity index (χ3v) is 0. The summed E-state index contributed by atoms with van der Waals surface area (Å²) in [5, 5.41) is 8.61. The fourth-order valence-electron chi connectivity index (χ4n) is 0. The molecule has 0 bridgehead atoms. The molecular weight excluding hydrogens is 56.0 g/mol. The van der Waals surface area contributed by atoms with E-state index in [1.165, 1.54) is 0 Å². The molecule has 0 aromatic carbocycles. The molecule has 0 aliphatic carbocycles. The van der Waals surface area contributed by atoms with E-state index in [1.807, 2.05) is 0 Å². The molecule has 0 fully saturated rings. The Morgan fingerprint density at radius 3 is 1.75 bits per heavy atom. The highest BCUT2D eigenvalue weighted by Crippen LogP contribution is 1.23. The van der Waals surface area contributed by atoms with Crippen LogP contribution in [0.2, 0.25) is 0 Å². The molecule has 0 aliphatic heterocycles. The Morgan fingerprint density at radius 2 is 1.75 bits per heavy atom. The highest BCUT2D eigenvalue weighted by atomic mass is 16.4. The number of hydrogen-bond acceptors (Lipinski definition) is 2. The van der Waals surface area contributed by atoms with Crippen LogP contribution in [-0.4, -0.2) is 5.21 Å². The first-order valence-electron chi connectivity index (χ1n) is 0.424. The molecule has 0 aromatic heterocycles. The lowest BCUT2D eigenvalue weighted by Crippen LogP contribution is -1.15. The zero-order valence-electron chi connectivity index (χ0n) is 2.10. The minimum absolute atomic E-state index is 0. The van der Waals surface area contributed by atoms with Gasteiger partial charge in [-0.25, -0.2) is 5.21 Å². The average molecular weight is 60.1 g/mol. The zero-order chi connectivity index (χ0) is 2.71. The maximum absolute atomic E-state index is 6.86. The second kappa shape index (κ2) is 56.2. The first-order chi connectivity index (χ1) is 1.41. The van der Waals surface area contributed by atoms with Gasteiger partial charge in [0.05, 0.1) is 0 Å². The highest BCUT2D eigenvalue weighted by Gasteiger charge is 1.04. The molecule has 0 radical (unpaired) electrons. The summed E-state index contributed by atoms with van der Waals surface area (Å²) in [6.45, 7) is 5.39. The van der Waals surface area contributed by atoms with E-state index in [2.05, 4.69) is 0 Å². The second-order valence-corrected chi connectivity index (χ2v) is 0.100. The quantitative estimate of drug-likeness (QED) is 0.315. The molecule has 3 nitrogen and oxygen atoms in total. The van der Waals surface area contributed by atoms with Crippen molar-refractivity contribution in [2.24, 2.45) is 0 Å². The minimum atomic E-state index is 0. The predicted molar refractivity (Wildman–Crippen MR) is 13.4 cm³/mol. The van der Waals surface area contributed by atoms with Gasteiger partial charge < -0.3 is 6.15 Å². The first kappa shape index (κ1) is 10.5. The molecular formula is CH4N2O. The molecule has 0 rings (SSSR count). The predicted octanol–water partition coefficient (Wildman–Crippen LogP) is 0.457.